The van der Waals surface area contributed by atoms with E-state index >= 15 is 0 Å². The highest BCUT2D eigenvalue weighted by Crippen LogP contribution is 2.24. The van der Waals surface area contributed by atoms with Crippen LogP contribution in [0, 0.1) is 12.7 Å². The second-order valence-electron chi connectivity index (χ2n) is 5.01. The number of halogens is 1. The van der Waals surface area contributed by atoms with Crippen molar-refractivity contribution < 1.29 is 9.18 Å². The summed E-state index contributed by atoms with van der Waals surface area (Å²) >= 11 is 0. The number of carbonyl (C=O) groups excluding carboxylic acids is 1. The molecule has 1 amide bonds. The third-order valence-corrected chi connectivity index (χ3v) is 3.20. The van der Waals surface area contributed by atoms with Gasteiger partial charge in [0.05, 0.1) is 17.5 Å². The van der Waals surface area contributed by atoms with Crippen LogP contribution in [0.2, 0.25) is 0 Å². The Bertz CT molecular complexity index is 836. The van der Waals surface area contributed by atoms with Gasteiger partial charge < -0.3 is 5.32 Å². The normalized spacial score (nSPS) is 10.7. The molecule has 22 heavy (non-hydrogen) atoms. The molecule has 3 aromatic rings. The van der Waals surface area contributed by atoms with Crippen LogP contribution in [0.25, 0.3) is 11.3 Å². The number of hydrogen-bond acceptors (Lipinski definition) is 3. The average Bonchev–Trinajstić information content (AvgIpc) is 3.11. The van der Waals surface area contributed by atoms with Crippen molar-refractivity contribution in [3.63, 3.8) is 0 Å². The number of anilines is 1. The minimum absolute atomic E-state index is 0.323. The van der Waals surface area contributed by atoms with Gasteiger partial charge in [0.2, 0.25) is 0 Å². The molecule has 2 aromatic heterocycles. The molecule has 0 spiro atoms. The number of aryl methyl sites for hydroxylation is 2. The zero-order valence-corrected chi connectivity index (χ0v) is 12.1. The lowest BCUT2D eigenvalue weighted by molar-refractivity contribution is 0.102. The number of rotatable bonds is 3. The Labute approximate surface area is 126 Å². The lowest BCUT2D eigenvalue weighted by atomic mass is 10.1. The molecule has 0 aliphatic carbocycles. The Kier molecular flexibility index (Phi) is 3.46. The van der Waals surface area contributed by atoms with Crippen molar-refractivity contribution in [3.05, 3.63) is 53.6 Å². The van der Waals surface area contributed by atoms with E-state index in [1.54, 1.807) is 31.4 Å². The van der Waals surface area contributed by atoms with Crippen molar-refractivity contribution in [2.24, 2.45) is 7.05 Å². The zero-order chi connectivity index (χ0) is 15.7. The SMILES string of the molecule is Cc1ccc(F)c(-c2cc(NC(=O)c3cnn(C)c3)n[nH]2)c1. The maximum atomic E-state index is 13.8. The highest BCUT2D eigenvalue weighted by molar-refractivity contribution is 6.03. The summed E-state index contributed by atoms with van der Waals surface area (Å²) in [6, 6.07) is 6.40. The first kappa shape index (κ1) is 14.0. The van der Waals surface area contributed by atoms with Crippen LogP contribution in [0.4, 0.5) is 10.2 Å². The summed E-state index contributed by atoms with van der Waals surface area (Å²) in [4.78, 5) is 12.0. The van der Waals surface area contributed by atoms with E-state index in [1.807, 2.05) is 6.92 Å². The monoisotopic (exact) mass is 299 g/mol. The predicted octanol–water partition coefficient (Wildman–Crippen LogP) is 2.51. The van der Waals surface area contributed by atoms with E-state index in [1.165, 1.54) is 16.9 Å². The van der Waals surface area contributed by atoms with Crippen molar-refractivity contribution in [2.75, 3.05) is 5.32 Å². The summed E-state index contributed by atoms with van der Waals surface area (Å²) < 4.78 is 15.4. The van der Waals surface area contributed by atoms with Gasteiger partial charge in [-0.1, -0.05) is 11.6 Å². The third kappa shape index (κ3) is 2.73. The third-order valence-electron chi connectivity index (χ3n) is 3.20. The lowest BCUT2D eigenvalue weighted by Crippen LogP contribution is -2.11. The van der Waals surface area contributed by atoms with Crippen LogP contribution in [0.5, 0.6) is 0 Å². The fourth-order valence-electron chi connectivity index (χ4n) is 2.10. The van der Waals surface area contributed by atoms with E-state index in [2.05, 4.69) is 20.6 Å². The maximum Gasteiger partial charge on any atom is 0.260 e. The van der Waals surface area contributed by atoms with Gasteiger partial charge in [-0.25, -0.2) is 4.39 Å². The van der Waals surface area contributed by atoms with Crippen molar-refractivity contribution in [1.82, 2.24) is 20.0 Å². The number of hydrogen-bond donors (Lipinski definition) is 2. The van der Waals surface area contributed by atoms with Gasteiger partial charge in [0.15, 0.2) is 5.82 Å². The number of carbonyl (C=O) groups is 1. The summed E-state index contributed by atoms with van der Waals surface area (Å²) in [5.74, 6) is -0.347. The summed E-state index contributed by atoms with van der Waals surface area (Å²) in [7, 11) is 1.73. The van der Waals surface area contributed by atoms with Gasteiger partial charge >= 0.3 is 0 Å². The molecule has 0 unspecified atom stereocenters. The fourth-order valence-corrected chi connectivity index (χ4v) is 2.10. The fraction of sp³-hybridized carbons (Fsp3) is 0.133. The minimum Gasteiger partial charge on any atom is -0.305 e. The van der Waals surface area contributed by atoms with Gasteiger partial charge in [-0.05, 0) is 19.1 Å². The second kappa shape index (κ2) is 5.44. The number of nitrogens with one attached hydrogen (secondary N) is 2. The van der Waals surface area contributed by atoms with Gasteiger partial charge in [-0.15, -0.1) is 0 Å². The maximum absolute atomic E-state index is 13.8. The van der Waals surface area contributed by atoms with Crippen LogP contribution in [-0.4, -0.2) is 25.9 Å². The van der Waals surface area contributed by atoms with Gasteiger partial charge in [0, 0.05) is 24.9 Å². The lowest BCUT2D eigenvalue weighted by Gasteiger charge is -2.01. The predicted molar refractivity (Wildman–Crippen MR) is 79.9 cm³/mol. The Balaban J connectivity index is 1.82. The molecule has 2 N–H and O–H groups in total. The molecular weight excluding hydrogens is 285 g/mol. The summed E-state index contributed by atoms with van der Waals surface area (Å²) in [5.41, 5.74) is 2.28. The first-order valence-electron chi connectivity index (χ1n) is 6.65. The quantitative estimate of drug-likeness (QED) is 0.780. The number of amides is 1. The molecule has 3 rings (SSSR count). The number of H-pyrrole nitrogens is 1. The molecule has 7 heteroatoms. The Morgan fingerprint density at radius 3 is 2.91 bits per heavy atom. The van der Waals surface area contributed by atoms with E-state index in [9.17, 15) is 9.18 Å². The molecular formula is C15H14FN5O. The minimum atomic E-state index is -0.348. The van der Waals surface area contributed by atoms with Crippen molar-refractivity contribution in [3.8, 4) is 11.3 Å². The van der Waals surface area contributed by atoms with Crippen LogP contribution in [0.1, 0.15) is 15.9 Å². The van der Waals surface area contributed by atoms with Crippen LogP contribution >= 0.6 is 0 Å². The Hall–Kier alpha value is -2.96. The van der Waals surface area contributed by atoms with Crippen LogP contribution < -0.4 is 5.32 Å². The number of aromatic nitrogens is 4. The van der Waals surface area contributed by atoms with Crippen molar-refractivity contribution in [1.29, 1.82) is 0 Å². The topological polar surface area (TPSA) is 75.6 Å². The van der Waals surface area contributed by atoms with E-state index in [-0.39, 0.29) is 11.7 Å². The van der Waals surface area contributed by atoms with Crippen LogP contribution in [0.3, 0.4) is 0 Å². The molecule has 6 nitrogen and oxygen atoms in total. The molecule has 2 heterocycles. The standard InChI is InChI=1S/C15H14FN5O/c1-9-3-4-12(16)11(5-9)13-6-14(20-19-13)18-15(22)10-7-17-21(2)8-10/h3-8H,1-2H3,(H2,18,19,20,22). The number of benzene rings is 1. The van der Waals surface area contributed by atoms with E-state index in [0.717, 1.165) is 5.56 Å². The van der Waals surface area contributed by atoms with Gasteiger partial charge in [0.25, 0.3) is 5.91 Å². The highest BCUT2D eigenvalue weighted by Gasteiger charge is 2.12. The summed E-state index contributed by atoms with van der Waals surface area (Å²) in [6.45, 7) is 1.88. The summed E-state index contributed by atoms with van der Waals surface area (Å²) in [6.07, 6.45) is 3.06. The van der Waals surface area contributed by atoms with Gasteiger partial charge in [-0.2, -0.15) is 10.2 Å². The van der Waals surface area contributed by atoms with Gasteiger partial charge in [-0.3, -0.25) is 14.6 Å². The molecule has 0 aliphatic heterocycles. The Morgan fingerprint density at radius 2 is 2.18 bits per heavy atom. The van der Waals surface area contributed by atoms with Crippen LogP contribution in [0.15, 0.2) is 36.7 Å². The molecule has 1 aromatic carbocycles. The van der Waals surface area contributed by atoms with E-state index < -0.39 is 0 Å². The summed E-state index contributed by atoms with van der Waals surface area (Å²) in [5, 5.41) is 13.3. The molecule has 112 valence electrons. The molecule has 0 aliphatic rings. The van der Waals surface area contributed by atoms with Crippen molar-refractivity contribution in [2.45, 2.75) is 6.92 Å². The number of aromatic amines is 1. The van der Waals surface area contributed by atoms with E-state index in [0.29, 0.717) is 22.6 Å². The Morgan fingerprint density at radius 1 is 1.36 bits per heavy atom. The first-order chi connectivity index (χ1) is 10.5. The second-order valence-corrected chi connectivity index (χ2v) is 5.01. The zero-order valence-electron chi connectivity index (χ0n) is 12.1. The number of nitrogens with zero attached hydrogens (tertiary/aromatic N) is 3. The van der Waals surface area contributed by atoms with E-state index in [4.69, 9.17) is 0 Å². The largest absolute Gasteiger partial charge is 0.305 e. The van der Waals surface area contributed by atoms with Crippen LogP contribution in [-0.2, 0) is 7.05 Å². The molecule has 0 saturated heterocycles. The first-order valence-corrected chi connectivity index (χ1v) is 6.65. The smallest absolute Gasteiger partial charge is 0.260 e. The van der Waals surface area contributed by atoms with Gasteiger partial charge in [0.1, 0.15) is 5.82 Å². The highest BCUT2D eigenvalue weighted by atomic mass is 19.1. The molecule has 0 radical (unpaired) electrons. The molecule has 0 atom stereocenters. The molecule has 0 saturated carbocycles. The average molecular weight is 299 g/mol. The molecule has 0 fully saturated rings. The molecule has 0 bridgehead atoms. The van der Waals surface area contributed by atoms with Crippen molar-refractivity contribution >= 4 is 11.7 Å².